The van der Waals surface area contributed by atoms with E-state index in [9.17, 15) is 0 Å². The molecule has 1 rings (SSSR count). The van der Waals surface area contributed by atoms with Crippen molar-refractivity contribution in [3.63, 3.8) is 0 Å². The van der Waals surface area contributed by atoms with Crippen molar-refractivity contribution in [3.8, 4) is 0 Å². The number of hydrogen-bond donors (Lipinski definition) is 1. The molecule has 0 spiro atoms. The van der Waals surface area contributed by atoms with Crippen LogP contribution in [0.25, 0.3) is 0 Å². The van der Waals surface area contributed by atoms with Crippen LogP contribution in [0, 0.1) is 5.92 Å². The molecule has 0 aliphatic carbocycles. The molecule has 0 amide bonds. The van der Waals surface area contributed by atoms with Gasteiger partial charge in [0.2, 0.25) is 0 Å². The van der Waals surface area contributed by atoms with Crippen molar-refractivity contribution < 1.29 is 9.47 Å². The molecule has 1 heterocycles. The van der Waals surface area contributed by atoms with Gasteiger partial charge in [0.15, 0.2) is 0 Å². The quantitative estimate of drug-likeness (QED) is 0.661. The van der Waals surface area contributed by atoms with Crippen LogP contribution >= 0.6 is 0 Å². The van der Waals surface area contributed by atoms with Crippen molar-refractivity contribution in [1.82, 2.24) is 10.2 Å². The van der Waals surface area contributed by atoms with Crippen LogP contribution in [-0.2, 0) is 9.47 Å². The SMILES string of the molecule is CCN(CCOC)CC(NC)C1CCOC1. The maximum atomic E-state index is 5.45. The Labute approximate surface area is 99.3 Å². The molecular weight excluding hydrogens is 204 g/mol. The van der Waals surface area contributed by atoms with Crippen LogP contribution in [0.15, 0.2) is 0 Å². The minimum atomic E-state index is 0.541. The highest BCUT2D eigenvalue weighted by molar-refractivity contribution is 4.81. The Morgan fingerprint density at radius 2 is 2.38 bits per heavy atom. The Balaban J connectivity index is 2.33. The van der Waals surface area contributed by atoms with Gasteiger partial charge in [0.1, 0.15) is 0 Å². The lowest BCUT2D eigenvalue weighted by molar-refractivity contribution is 0.131. The number of methoxy groups -OCH3 is 1. The fourth-order valence-electron chi connectivity index (χ4n) is 2.22. The average molecular weight is 230 g/mol. The van der Waals surface area contributed by atoms with Gasteiger partial charge in [-0.1, -0.05) is 6.92 Å². The summed E-state index contributed by atoms with van der Waals surface area (Å²) >= 11 is 0. The third-order valence-corrected chi connectivity index (χ3v) is 3.42. The molecule has 0 aromatic carbocycles. The van der Waals surface area contributed by atoms with E-state index < -0.39 is 0 Å². The standard InChI is InChI=1S/C12H26N2O2/c1-4-14(6-8-15-3)9-12(13-2)11-5-7-16-10-11/h11-13H,4-10H2,1-3H3. The fraction of sp³-hybridized carbons (Fsp3) is 1.00. The Hall–Kier alpha value is -0.160. The van der Waals surface area contributed by atoms with Crippen LogP contribution in [0.4, 0.5) is 0 Å². The minimum Gasteiger partial charge on any atom is -0.383 e. The number of hydrogen-bond acceptors (Lipinski definition) is 4. The predicted octanol–water partition coefficient (Wildman–Crippen LogP) is 0.579. The first kappa shape index (κ1) is 13.9. The zero-order chi connectivity index (χ0) is 11.8. The van der Waals surface area contributed by atoms with Crippen molar-refractivity contribution in [2.45, 2.75) is 19.4 Å². The van der Waals surface area contributed by atoms with E-state index in [0.29, 0.717) is 12.0 Å². The largest absolute Gasteiger partial charge is 0.383 e. The lowest BCUT2D eigenvalue weighted by Crippen LogP contribution is -2.45. The van der Waals surface area contributed by atoms with Gasteiger partial charge in [-0.05, 0) is 20.0 Å². The topological polar surface area (TPSA) is 33.7 Å². The molecule has 96 valence electrons. The number of ether oxygens (including phenoxy) is 2. The summed E-state index contributed by atoms with van der Waals surface area (Å²) in [6.45, 7) is 8.03. The first-order valence-corrected chi connectivity index (χ1v) is 6.28. The zero-order valence-electron chi connectivity index (χ0n) is 10.9. The van der Waals surface area contributed by atoms with E-state index in [1.165, 1.54) is 6.42 Å². The summed E-state index contributed by atoms with van der Waals surface area (Å²) in [6.07, 6.45) is 1.19. The van der Waals surface area contributed by atoms with Crippen LogP contribution in [0.5, 0.6) is 0 Å². The molecule has 2 unspecified atom stereocenters. The first-order valence-electron chi connectivity index (χ1n) is 6.28. The monoisotopic (exact) mass is 230 g/mol. The Bertz CT molecular complexity index is 172. The molecule has 0 saturated carbocycles. The average Bonchev–Trinajstić information content (AvgIpc) is 2.83. The van der Waals surface area contributed by atoms with Gasteiger partial charge in [0, 0.05) is 38.8 Å². The summed E-state index contributed by atoms with van der Waals surface area (Å²) in [6, 6.07) is 0.541. The minimum absolute atomic E-state index is 0.541. The number of nitrogens with zero attached hydrogens (tertiary/aromatic N) is 1. The van der Waals surface area contributed by atoms with Crippen LogP contribution < -0.4 is 5.32 Å². The van der Waals surface area contributed by atoms with Crippen molar-refractivity contribution in [3.05, 3.63) is 0 Å². The summed E-state index contributed by atoms with van der Waals surface area (Å²) < 4.78 is 10.6. The molecule has 0 aromatic heterocycles. The maximum Gasteiger partial charge on any atom is 0.0589 e. The van der Waals surface area contributed by atoms with E-state index in [2.05, 4.69) is 17.1 Å². The van der Waals surface area contributed by atoms with Crippen LogP contribution in [0.3, 0.4) is 0 Å². The van der Waals surface area contributed by atoms with Crippen molar-refractivity contribution in [2.24, 2.45) is 5.92 Å². The van der Waals surface area contributed by atoms with Crippen molar-refractivity contribution >= 4 is 0 Å². The Morgan fingerprint density at radius 3 is 2.88 bits per heavy atom. The van der Waals surface area contributed by atoms with Gasteiger partial charge in [-0.15, -0.1) is 0 Å². The molecule has 1 aliphatic rings. The predicted molar refractivity (Wildman–Crippen MR) is 65.8 cm³/mol. The second-order valence-corrected chi connectivity index (χ2v) is 4.40. The summed E-state index contributed by atoms with van der Waals surface area (Å²) in [5.74, 6) is 0.668. The van der Waals surface area contributed by atoms with E-state index in [-0.39, 0.29) is 0 Å². The zero-order valence-corrected chi connectivity index (χ0v) is 10.9. The van der Waals surface area contributed by atoms with E-state index in [1.54, 1.807) is 7.11 Å². The molecule has 2 atom stereocenters. The summed E-state index contributed by atoms with van der Waals surface area (Å²) in [5.41, 5.74) is 0. The molecule has 0 aromatic rings. The van der Waals surface area contributed by atoms with E-state index in [0.717, 1.165) is 39.5 Å². The van der Waals surface area contributed by atoms with Crippen LogP contribution in [0.1, 0.15) is 13.3 Å². The van der Waals surface area contributed by atoms with Gasteiger partial charge in [0.05, 0.1) is 13.2 Å². The number of likely N-dealkylation sites (N-methyl/N-ethyl adjacent to an activating group) is 2. The third-order valence-electron chi connectivity index (χ3n) is 3.42. The molecule has 4 heteroatoms. The second kappa shape index (κ2) is 8.01. The van der Waals surface area contributed by atoms with Gasteiger partial charge in [-0.2, -0.15) is 0 Å². The molecule has 4 nitrogen and oxygen atoms in total. The molecule has 1 fully saturated rings. The van der Waals surface area contributed by atoms with Gasteiger partial charge >= 0.3 is 0 Å². The molecule has 16 heavy (non-hydrogen) atoms. The Kier molecular flexibility index (Phi) is 6.96. The molecular formula is C12H26N2O2. The lowest BCUT2D eigenvalue weighted by atomic mass is 9.98. The van der Waals surface area contributed by atoms with Gasteiger partial charge in [0.25, 0.3) is 0 Å². The molecule has 1 saturated heterocycles. The van der Waals surface area contributed by atoms with Crippen molar-refractivity contribution in [1.29, 1.82) is 0 Å². The second-order valence-electron chi connectivity index (χ2n) is 4.40. The summed E-state index contributed by atoms with van der Waals surface area (Å²) in [5, 5.41) is 3.42. The van der Waals surface area contributed by atoms with Gasteiger partial charge in [-0.3, -0.25) is 4.90 Å². The maximum absolute atomic E-state index is 5.45. The Morgan fingerprint density at radius 1 is 1.56 bits per heavy atom. The summed E-state index contributed by atoms with van der Waals surface area (Å²) in [4.78, 5) is 2.43. The van der Waals surface area contributed by atoms with Gasteiger partial charge in [-0.25, -0.2) is 0 Å². The number of rotatable bonds is 8. The molecule has 0 radical (unpaired) electrons. The highest BCUT2D eigenvalue weighted by Gasteiger charge is 2.25. The smallest absolute Gasteiger partial charge is 0.0589 e. The highest BCUT2D eigenvalue weighted by Crippen LogP contribution is 2.17. The molecule has 0 bridgehead atoms. The number of nitrogens with one attached hydrogen (secondary N) is 1. The highest BCUT2D eigenvalue weighted by atomic mass is 16.5. The van der Waals surface area contributed by atoms with E-state index in [1.807, 2.05) is 7.05 Å². The molecule has 1 aliphatic heterocycles. The van der Waals surface area contributed by atoms with Crippen LogP contribution in [-0.4, -0.2) is 64.6 Å². The first-order chi connectivity index (χ1) is 7.81. The summed E-state index contributed by atoms with van der Waals surface area (Å²) in [7, 11) is 3.81. The lowest BCUT2D eigenvalue weighted by Gasteiger charge is -2.29. The van der Waals surface area contributed by atoms with Crippen LogP contribution in [0.2, 0.25) is 0 Å². The van der Waals surface area contributed by atoms with E-state index in [4.69, 9.17) is 9.47 Å². The molecule has 1 N–H and O–H groups in total. The van der Waals surface area contributed by atoms with Gasteiger partial charge < -0.3 is 14.8 Å². The van der Waals surface area contributed by atoms with Crippen molar-refractivity contribution in [2.75, 3.05) is 53.6 Å². The van der Waals surface area contributed by atoms with E-state index >= 15 is 0 Å². The third kappa shape index (κ3) is 4.37. The normalized spacial score (nSPS) is 22.9. The fourth-order valence-corrected chi connectivity index (χ4v) is 2.22.